The van der Waals surface area contributed by atoms with Gasteiger partial charge in [-0.05, 0) is 67.3 Å². The van der Waals surface area contributed by atoms with E-state index >= 15 is 0 Å². The van der Waals surface area contributed by atoms with E-state index in [9.17, 15) is 13.2 Å². The van der Waals surface area contributed by atoms with Crippen LogP contribution in [0.4, 0.5) is 5.69 Å². The molecule has 0 bridgehead atoms. The molecule has 1 aromatic heterocycles. The minimum atomic E-state index is -3.64. The van der Waals surface area contributed by atoms with Crippen molar-refractivity contribution < 1.29 is 13.2 Å². The average molecular weight is 396 g/mol. The van der Waals surface area contributed by atoms with Gasteiger partial charge in [-0.15, -0.1) is 0 Å². The zero-order valence-corrected chi connectivity index (χ0v) is 16.5. The van der Waals surface area contributed by atoms with E-state index in [0.717, 1.165) is 27.7 Å². The van der Waals surface area contributed by atoms with Gasteiger partial charge in [0.05, 0.1) is 29.3 Å². The van der Waals surface area contributed by atoms with Gasteiger partial charge in [0, 0.05) is 18.0 Å². The molecule has 0 amide bonds. The molecule has 0 N–H and O–H groups in total. The van der Waals surface area contributed by atoms with E-state index in [0.29, 0.717) is 30.0 Å². The van der Waals surface area contributed by atoms with E-state index in [1.165, 1.54) is 0 Å². The number of fused-ring (bicyclic) bond motifs is 6. The van der Waals surface area contributed by atoms with Crippen molar-refractivity contribution in [2.45, 2.75) is 37.2 Å². The molecule has 5 rings (SSSR count). The zero-order chi connectivity index (χ0) is 19.6. The Balaban J connectivity index is 1.72. The lowest BCUT2D eigenvalue weighted by molar-refractivity contribution is 0.413. The smallest absolute Gasteiger partial charge is 0.264 e. The molecule has 28 heavy (non-hydrogen) atoms. The third kappa shape index (κ3) is 2.19. The Morgan fingerprint density at radius 3 is 2.68 bits per heavy atom. The Labute approximate surface area is 163 Å². The minimum Gasteiger partial charge on any atom is -0.497 e. The molecule has 2 aliphatic heterocycles. The van der Waals surface area contributed by atoms with Crippen LogP contribution in [0.5, 0.6) is 5.75 Å². The van der Waals surface area contributed by atoms with Crippen LogP contribution in [-0.4, -0.2) is 26.1 Å². The maximum Gasteiger partial charge on any atom is 0.264 e. The van der Waals surface area contributed by atoms with Gasteiger partial charge in [-0.1, -0.05) is 0 Å². The molecule has 0 aliphatic carbocycles. The van der Waals surface area contributed by atoms with Gasteiger partial charge in [0.2, 0.25) is 0 Å². The van der Waals surface area contributed by atoms with Gasteiger partial charge in [0.15, 0.2) is 0 Å². The molecule has 1 atom stereocenters. The first-order valence-electron chi connectivity index (χ1n) is 9.32. The number of methoxy groups -OCH3 is 1. The highest BCUT2D eigenvalue weighted by Gasteiger charge is 2.44. The standard InChI is InChI=1S/C21H20N2O4S/c1-3-22-18-6-7-19-17(16(18)5-9-21(22)24)12-14-10-13-11-15(27-2)4-8-20(13)28(25,26)23(14)19/h4-9,11,14H,3,10,12H2,1-2H3. The maximum atomic E-state index is 13.4. The molecule has 7 heteroatoms. The van der Waals surface area contributed by atoms with Crippen LogP contribution in [-0.2, 0) is 29.4 Å². The normalized spacial score (nSPS) is 19.2. The van der Waals surface area contributed by atoms with Crippen LogP contribution in [0.25, 0.3) is 10.9 Å². The number of benzene rings is 2. The lowest BCUT2D eigenvalue weighted by Gasteiger charge is -2.33. The van der Waals surface area contributed by atoms with Crippen LogP contribution in [0.1, 0.15) is 18.1 Å². The van der Waals surface area contributed by atoms with Crippen molar-refractivity contribution in [2.24, 2.45) is 0 Å². The van der Waals surface area contributed by atoms with Gasteiger partial charge in [0.25, 0.3) is 15.6 Å². The predicted octanol–water partition coefficient (Wildman–Crippen LogP) is 2.71. The molecular weight excluding hydrogens is 376 g/mol. The number of pyridine rings is 1. The van der Waals surface area contributed by atoms with E-state index in [4.69, 9.17) is 4.74 Å². The van der Waals surface area contributed by atoms with E-state index in [1.807, 2.05) is 31.2 Å². The second-order valence-corrected chi connectivity index (χ2v) is 9.03. The molecule has 3 heterocycles. The Bertz CT molecular complexity index is 1290. The van der Waals surface area contributed by atoms with Crippen molar-refractivity contribution in [1.29, 1.82) is 0 Å². The van der Waals surface area contributed by atoms with Crippen LogP contribution in [0, 0.1) is 0 Å². The van der Waals surface area contributed by atoms with Gasteiger partial charge in [0.1, 0.15) is 5.75 Å². The first-order chi connectivity index (χ1) is 13.5. The SMILES string of the molecule is CCn1c(=O)ccc2c3c(ccc21)N1C(Cc2cc(OC)ccc2S1(=O)=O)C3. The fourth-order valence-corrected chi connectivity index (χ4v) is 6.52. The summed E-state index contributed by atoms with van der Waals surface area (Å²) < 4.78 is 35.3. The summed E-state index contributed by atoms with van der Waals surface area (Å²) in [4.78, 5) is 12.5. The van der Waals surface area contributed by atoms with Gasteiger partial charge >= 0.3 is 0 Å². The molecular formula is C21H20N2O4S. The molecule has 144 valence electrons. The highest BCUT2D eigenvalue weighted by Crippen LogP contribution is 2.45. The summed E-state index contributed by atoms with van der Waals surface area (Å²) in [6.07, 6.45) is 1.26. The summed E-state index contributed by atoms with van der Waals surface area (Å²) in [7, 11) is -2.06. The van der Waals surface area contributed by atoms with Gasteiger partial charge < -0.3 is 9.30 Å². The molecule has 3 aromatic rings. The van der Waals surface area contributed by atoms with Crippen molar-refractivity contribution in [1.82, 2.24) is 4.57 Å². The average Bonchev–Trinajstić information content (AvgIpc) is 3.06. The number of sulfonamides is 1. The Hall–Kier alpha value is -2.80. The summed E-state index contributed by atoms with van der Waals surface area (Å²) in [5.74, 6) is 0.662. The van der Waals surface area contributed by atoms with Crippen molar-refractivity contribution in [2.75, 3.05) is 11.4 Å². The lowest BCUT2D eigenvalue weighted by atomic mass is 9.99. The molecule has 2 aromatic carbocycles. The molecule has 0 spiro atoms. The van der Waals surface area contributed by atoms with Crippen molar-refractivity contribution in [3.63, 3.8) is 0 Å². The molecule has 0 saturated heterocycles. The largest absolute Gasteiger partial charge is 0.497 e. The fraction of sp³-hybridized carbons (Fsp3) is 0.286. The molecule has 6 nitrogen and oxygen atoms in total. The maximum absolute atomic E-state index is 13.4. The number of hydrogen-bond donors (Lipinski definition) is 0. The summed E-state index contributed by atoms with van der Waals surface area (Å²) in [6, 6.07) is 12.1. The number of hydrogen-bond acceptors (Lipinski definition) is 4. The third-order valence-corrected chi connectivity index (χ3v) is 7.81. The fourth-order valence-electron chi connectivity index (χ4n) is 4.62. The van der Waals surface area contributed by atoms with E-state index < -0.39 is 10.0 Å². The monoisotopic (exact) mass is 396 g/mol. The lowest BCUT2D eigenvalue weighted by Crippen LogP contribution is -2.43. The summed E-state index contributed by atoms with van der Waals surface area (Å²) >= 11 is 0. The minimum absolute atomic E-state index is 0.0437. The van der Waals surface area contributed by atoms with E-state index in [2.05, 4.69) is 0 Å². The molecule has 0 saturated carbocycles. The number of ether oxygens (including phenoxy) is 1. The number of rotatable bonds is 2. The van der Waals surface area contributed by atoms with Crippen LogP contribution in [0.3, 0.4) is 0 Å². The Kier molecular flexibility index (Phi) is 3.61. The predicted molar refractivity (Wildman–Crippen MR) is 108 cm³/mol. The van der Waals surface area contributed by atoms with Crippen LogP contribution in [0.15, 0.2) is 52.2 Å². The molecule has 0 fully saturated rings. The molecule has 2 aliphatic rings. The van der Waals surface area contributed by atoms with Crippen LogP contribution >= 0.6 is 0 Å². The first-order valence-corrected chi connectivity index (χ1v) is 10.8. The van der Waals surface area contributed by atoms with Crippen molar-refractivity contribution >= 4 is 26.6 Å². The second-order valence-electron chi connectivity index (χ2n) is 7.25. The third-order valence-electron chi connectivity index (χ3n) is 5.84. The van der Waals surface area contributed by atoms with Crippen LogP contribution in [0.2, 0.25) is 0 Å². The van der Waals surface area contributed by atoms with Crippen molar-refractivity contribution in [3.8, 4) is 5.75 Å². The van der Waals surface area contributed by atoms with Gasteiger partial charge in [-0.3, -0.25) is 9.10 Å². The number of aryl methyl sites for hydroxylation is 1. The van der Waals surface area contributed by atoms with Gasteiger partial charge in [-0.25, -0.2) is 8.42 Å². The highest BCUT2D eigenvalue weighted by molar-refractivity contribution is 7.93. The quantitative estimate of drug-likeness (QED) is 0.668. The number of nitrogens with zero attached hydrogens (tertiary/aromatic N) is 2. The van der Waals surface area contributed by atoms with Crippen molar-refractivity contribution in [3.05, 3.63) is 63.9 Å². The second kappa shape index (κ2) is 5.85. The van der Waals surface area contributed by atoms with E-state index in [1.54, 1.807) is 34.2 Å². The Morgan fingerprint density at radius 1 is 1.11 bits per heavy atom. The highest BCUT2D eigenvalue weighted by atomic mass is 32.2. The summed E-state index contributed by atoms with van der Waals surface area (Å²) in [6.45, 7) is 2.51. The number of anilines is 1. The topological polar surface area (TPSA) is 68.6 Å². The summed E-state index contributed by atoms with van der Waals surface area (Å²) in [5, 5.41) is 0.949. The van der Waals surface area contributed by atoms with E-state index in [-0.39, 0.29) is 11.6 Å². The van der Waals surface area contributed by atoms with Crippen LogP contribution < -0.4 is 14.6 Å². The number of aromatic nitrogens is 1. The van der Waals surface area contributed by atoms with Gasteiger partial charge in [-0.2, -0.15) is 0 Å². The Morgan fingerprint density at radius 2 is 1.93 bits per heavy atom. The molecule has 1 unspecified atom stereocenters. The first kappa shape index (κ1) is 17.3. The zero-order valence-electron chi connectivity index (χ0n) is 15.7. The summed E-state index contributed by atoms with van der Waals surface area (Å²) in [5.41, 5.74) is 3.32. The molecule has 0 radical (unpaired) electrons.